The van der Waals surface area contributed by atoms with Gasteiger partial charge in [-0.05, 0) is 30.5 Å². The Labute approximate surface area is 78.2 Å². The topological polar surface area (TPSA) is 20.2 Å². The molecule has 1 aromatic rings. The minimum absolute atomic E-state index is 0.238. The first kappa shape index (κ1) is 10.0. The van der Waals surface area contributed by atoms with Crippen LogP contribution in [0.5, 0.6) is 5.75 Å². The number of alkyl halides is 1. The van der Waals surface area contributed by atoms with E-state index in [0.29, 0.717) is 6.42 Å². The van der Waals surface area contributed by atoms with Crippen LogP contribution in [0.15, 0.2) is 18.2 Å². The summed E-state index contributed by atoms with van der Waals surface area (Å²) in [4.78, 5) is 0. The summed E-state index contributed by atoms with van der Waals surface area (Å²) < 4.78 is 12.4. The number of phenols is 1. The summed E-state index contributed by atoms with van der Waals surface area (Å²) in [6.07, 6.45) is 0.702. The molecular weight excluding hydrogens is 167 g/mol. The molecule has 13 heavy (non-hydrogen) atoms. The summed E-state index contributed by atoms with van der Waals surface area (Å²) in [7, 11) is 0. The molecule has 0 aromatic heterocycles. The van der Waals surface area contributed by atoms with E-state index in [1.807, 2.05) is 13.0 Å². The third-order valence-electron chi connectivity index (χ3n) is 2.17. The molecule has 1 aromatic carbocycles. The van der Waals surface area contributed by atoms with Gasteiger partial charge in [-0.25, -0.2) is 0 Å². The highest BCUT2D eigenvalue weighted by Crippen LogP contribution is 2.27. The quantitative estimate of drug-likeness (QED) is 0.760. The van der Waals surface area contributed by atoms with Crippen molar-refractivity contribution in [3.8, 4) is 5.75 Å². The third kappa shape index (κ3) is 2.00. The Hall–Kier alpha value is -1.05. The Bertz CT molecular complexity index is 283. The summed E-state index contributed by atoms with van der Waals surface area (Å²) in [5.74, 6) is -0.135. The molecule has 1 nitrogen and oxygen atoms in total. The van der Waals surface area contributed by atoms with Crippen LogP contribution < -0.4 is 0 Å². The van der Waals surface area contributed by atoms with Gasteiger partial charge < -0.3 is 5.11 Å². The fraction of sp³-hybridized carbons (Fsp3) is 0.364. The van der Waals surface area contributed by atoms with Gasteiger partial charge in [0.25, 0.3) is 0 Å². The first-order valence-corrected chi connectivity index (χ1v) is 4.40. The van der Waals surface area contributed by atoms with Crippen LogP contribution in [0, 0.1) is 6.92 Å². The zero-order chi connectivity index (χ0) is 9.84. The van der Waals surface area contributed by atoms with E-state index >= 15 is 0 Å². The van der Waals surface area contributed by atoms with Crippen LogP contribution in [-0.4, -0.2) is 11.8 Å². The predicted molar refractivity (Wildman–Crippen MR) is 51.6 cm³/mol. The van der Waals surface area contributed by atoms with E-state index in [1.165, 1.54) is 0 Å². The Kier molecular flexibility index (Phi) is 3.29. The molecule has 2 heteroatoms. The number of aromatic hydroxyl groups is 1. The highest BCUT2D eigenvalue weighted by atomic mass is 19.1. The van der Waals surface area contributed by atoms with Gasteiger partial charge in [-0.3, -0.25) is 4.39 Å². The summed E-state index contributed by atoms with van der Waals surface area (Å²) in [6.45, 7) is 5.13. The van der Waals surface area contributed by atoms with E-state index in [0.717, 1.165) is 11.1 Å². The average molecular weight is 181 g/mol. The van der Waals surface area contributed by atoms with Gasteiger partial charge in [-0.15, -0.1) is 0 Å². The average Bonchev–Trinajstić information content (AvgIpc) is 2.16. The molecule has 71 valence electrons. The number of halogens is 1. The van der Waals surface area contributed by atoms with Crippen molar-refractivity contribution >= 4 is 0 Å². The molecule has 1 radical (unpaired) electrons. The molecule has 1 N–H and O–H groups in total. The SMILES string of the molecule is [CH2]C(CF)c1cccc(O)c1CC. The maximum Gasteiger partial charge on any atom is 0.119 e. The molecule has 0 heterocycles. The predicted octanol–water partition coefficient (Wildman–Crippen LogP) is 2.84. The maximum atomic E-state index is 12.4. The molecular formula is C11H14FO. The molecule has 0 aliphatic heterocycles. The summed E-state index contributed by atoms with van der Waals surface area (Å²) >= 11 is 0. The van der Waals surface area contributed by atoms with E-state index in [-0.39, 0.29) is 11.7 Å². The van der Waals surface area contributed by atoms with Crippen molar-refractivity contribution in [3.05, 3.63) is 36.2 Å². The summed E-state index contributed by atoms with van der Waals surface area (Å²) in [6, 6.07) is 5.15. The molecule has 0 fully saturated rings. The van der Waals surface area contributed by atoms with Crippen molar-refractivity contribution in [1.82, 2.24) is 0 Å². The highest BCUT2D eigenvalue weighted by Gasteiger charge is 2.11. The first-order chi connectivity index (χ1) is 6.20. The monoisotopic (exact) mass is 181 g/mol. The normalized spacial score (nSPS) is 12.8. The largest absolute Gasteiger partial charge is 0.508 e. The van der Waals surface area contributed by atoms with Crippen LogP contribution in [0.25, 0.3) is 0 Å². The number of phenolic OH excluding ortho intramolecular Hbond substituents is 1. The van der Waals surface area contributed by atoms with Crippen molar-refractivity contribution in [3.63, 3.8) is 0 Å². The van der Waals surface area contributed by atoms with Crippen LogP contribution in [0.1, 0.15) is 24.0 Å². The molecule has 0 saturated heterocycles. The Morgan fingerprint density at radius 3 is 2.77 bits per heavy atom. The standard InChI is InChI=1S/C11H14FO/c1-3-9-10(8(2)7-12)5-4-6-11(9)13/h4-6,8,13H,2-3,7H2,1H3. The molecule has 0 amide bonds. The van der Waals surface area contributed by atoms with Gasteiger partial charge in [0.2, 0.25) is 0 Å². The minimum Gasteiger partial charge on any atom is -0.508 e. The second kappa shape index (κ2) is 4.26. The number of hydrogen-bond donors (Lipinski definition) is 1. The Morgan fingerprint density at radius 1 is 1.54 bits per heavy atom. The minimum atomic E-state index is -0.490. The highest BCUT2D eigenvalue weighted by molar-refractivity contribution is 5.41. The molecule has 0 spiro atoms. The van der Waals surface area contributed by atoms with Crippen LogP contribution in [0.2, 0.25) is 0 Å². The third-order valence-corrected chi connectivity index (χ3v) is 2.17. The number of rotatable bonds is 3. The molecule has 1 rings (SSSR count). The van der Waals surface area contributed by atoms with Crippen molar-refractivity contribution in [2.75, 3.05) is 6.67 Å². The second-order valence-corrected chi connectivity index (χ2v) is 3.05. The Morgan fingerprint density at radius 2 is 2.23 bits per heavy atom. The van der Waals surface area contributed by atoms with Gasteiger partial charge in [-0.1, -0.05) is 19.1 Å². The summed E-state index contributed by atoms with van der Waals surface area (Å²) in [5.41, 5.74) is 1.62. The van der Waals surface area contributed by atoms with Crippen molar-refractivity contribution in [2.24, 2.45) is 0 Å². The van der Waals surface area contributed by atoms with Crippen molar-refractivity contribution < 1.29 is 9.50 Å². The molecule has 0 bridgehead atoms. The lowest BCUT2D eigenvalue weighted by atomic mass is 9.94. The van der Waals surface area contributed by atoms with Gasteiger partial charge in [0.15, 0.2) is 0 Å². The number of benzene rings is 1. The smallest absolute Gasteiger partial charge is 0.119 e. The van der Waals surface area contributed by atoms with Crippen LogP contribution in [0.3, 0.4) is 0 Å². The fourth-order valence-electron chi connectivity index (χ4n) is 1.44. The van der Waals surface area contributed by atoms with Gasteiger partial charge in [0, 0.05) is 5.92 Å². The molecule has 0 aliphatic rings. The lowest BCUT2D eigenvalue weighted by Gasteiger charge is -2.13. The zero-order valence-electron chi connectivity index (χ0n) is 7.76. The van der Waals surface area contributed by atoms with Gasteiger partial charge in [0.05, 0.1) is 6.67 Å². The Balaban J connectivity index is 3.12. The molecule has 0 saturated carbocycles. The van der Waals surface area contributed by atoms with Gasteiger partial charge in [-0.2, -0.15) is 0 Å². The van der Waals surface area contributed by atoms with Crippen molar-refractivity contribution in [1.29, 1.82) is 0 Å². The van der Waals surface area contributed by atoms with E-state index in [4.69, 9.17) is 0 Å². The fourth-order valence-corrected chi connectivity index (χ4v) is 1.44. The number of hydrogen-bond acceptors (Lipinski definition) is 1. The van der Waals surface area contributed by atoms with Crippen LogP contribution >= 0.6 is 0 Å². The lowest BCUT2D eigenvalue weighted by molar-refractivity contribution is 0.452. The maximum absolute atomic E-state index is 12.4. The molecule has 1 atom stereocenters. The lowest BCUT2D eigenvalue weighted by Crippen LogP contribution is -2.00. The van der Waals surface area contributed by atoms with Crippen LogP contribution in [-0.2, 0) is 6.42 Å². The second-order valence-electron chi connectivity index (χ2n) is 3.05. The zero-order valence-corrected chi connectivity index (χ0v) is 7.76. The summed E-state index contributed by atoms with van der Waals surface area (Å²) in [5, 5.41) is 9.49. The van der Waals surface area contributed by atoms with Gasteiger partial charge >= 0.3 is 0 Å². The van der Waals surface area contributed by atoms with Gasteiger partial charge in [0.1, 0.15) is 5.75 Å². The van der Waals surface area contributed by atoms with E-state index in [9.17, 15) is 9.50 Å². The molecule has 0 aliphatic carbocycles. The van der Waals surface area contributed by atoms with E-state index in [2.05, 4.69) is 6.92 Å². The van der Waals surface area contributed by atoms with E-state index in [1.54, 1.807) is 12.1 Å². The van der Waals surface area contributed by atoms with E-state index < -0.39 is 6.67 Å². The van der Waals surface area contributed by atoms with Crippen molar-refractivity contribution in [2.45, 2.75) is 19.3 Å². The molecule has 1 unspecified atom stereocenters. The van der Waals surface area contributed by atoms with Crippen LogP contribution in [0.4, 0.5) is 4.39 Å². The first-order valence-electron chi connectivity index (χ1n) is 4.40.